The third-order valence-electron chi connectivity index (χ3n) is 2.94. The van der Waals surface area contributed by atoms with Crippen LogP contribution in [0.5, 0.6) is 0 Å². The Bertz CT molecular complexity index is 381. The maximum absolute atomic E-state index is 9.75. The highest BCUT2D eigenvalue weighted by Crippen LogP contribution is 2.31. The minimum absolute atomic E-state index is 0.245. The number of hydrogen-bond acceptors (Lipinski definition) is 3. The van der Waals surface area contributed by atoms with Gasteiger partial charge in [0.1, 0.15) is 0 Å². The molecule has 0 aliphatic carbocycles. The average molecular weight is 286 g/mol. The molecule has 16 heavy (non-hydrogen) atoms. The number of aliphatic hydroxyl groups excluding tert-OH is 2. The van der Waals surface area contributed by atoms with Crippen molar-refractivity contribution < 1.29 is 10.2 Å². The number of β-amino-alcohol motifs (C(OH)–C–C–N with tert-alkyl or cyclic N) is 1. The Hall–Kier alpha value is -0.580. The van der Waals surface area contributed by atoms with Gasteiger partial charge in [-0.2, -0.15) is 0 Å². The Morgan fingerprint density at radius 3 is 2.81 bits per heavy atom. The fraction of sp³-hybridized carbons (Fsp3) is 0.500. The molecule has 1 heterocycles. The van der Waals surface area contributed by atoms with E-state index in [2.05, 4.69) is 20.8 Å². The Balaban J connectivity index is 2.32. The van der Waals surface area contributed by atoms with Crippen LogP contribution >= 0.6 is 15.9 Å². The lowest BCUT2D eigenvalue weighted by molar-refractivity contribution is 0.196. The lowest BCUT2D eigenvalue weighted by atomic mass is 10.1. The summed E-state index contributed by atoms with van der Waals surface area (Å²) in [6, 6.07) is 5.89. The molecular formula is C12H16BrNO2. The molecular weight excluding hydrogens is 270 g/mol. The first kappa shape index (κ1) is 11.9. The second-order valence-electron chi connectivity index (χ2n) is 4.27. The minimum Gasteiger partial charge on any atom is -0.391 e. The standard InChI is InChI=1S/C12H16BrNO2/c1-8(15)11-6-9(13)2-3-12(11)14-5-4-10(16)7-14/h2-3,6,8,10,15-16H,4-5,7H2,1H3. The maximum atomic E-state index is 9.75. The van der Waals surface area contributed by atoms with Crippen LogP contribution in [0.4, 0.5) is 5.69 Å². The molecule has 1 aromatic rings. The summed E-state index contributed by atoms with van der Waals surface area (Å²) in [5.74, 6) is 0. The molecule has 0 spiro atoms. The summed E-state index contributed by atoms with van der Waals surface area (Å²) in [6.45, 7) is 3.27. The number of aliphatic hydroxyl groups is 2. The van der Waals surface area contributed by atoms with Gasteiger partial charge in [0.05, 0.1) is 12.2 Å². The predicted octanol–water partition coefficient (Wildman–Crippen LogP) is 2.07. The highest BCUT2D eigenvalue weighted by atomic mass is 79.9. The topological polar surface area (TPSA) is 43.7 Å². The molecule has 0 amide bonds. The number of halogens is 1. The van der Waals surface area contributed by atoms with Crippen LogP contribution in [0.25, 0.3) is 0 Å². The van der Waals surface area contributed by atoms with E-state index in [9.17, 15) is 10.2 Å². The summed E-state index contributed by atoms with van der Waals surface area (Å²) in [6.07, 6.45) is 0.0608. The van der Waals surface area contributed by atoms with Gasteiger partial charge in [0, 0.05) is 28.8 Å². The van der Waals surface area contributed by atoms with Crippen LogP contribution in [0.3, 0.4) is 0 Å². The second-order valence-corrected chi connectivity index (χ2v) is 5.18. The number of nitrogens with zero attached hydrogens (tertiary/aromatic N) is 1. The highest BCUT2D eigenvalue weighted by molar-refractivity contribution is 9.10. The first-order valence-electron chi connectivity index (χ1n) is 5.48. The average Bonchev–Trinajstić information content (AvgIpc) is 2.64. The van der Waals surface area contributed by atoms with Crippen molar-refractivity contribution in [2.24, 2.45) is 0 Å². The monoisotopic (exact) mass is 285 g/mol. The van der Waals surface area contributed by atoms with Gasteiger partial charge in [-0.25, -0.2) is 0 Å². The van der Waals surface area contributed by atoms with Crippen LogP contribution in [-0.2, 0) is 0 Å². The maximum Gasteiger partial charge on any atom is 0.0782 e. The summed E-state index contributed by atoms with van der Waals surface area (Å²) in [7, 11) is 0. The summed E-state index contributed by atoms with van der Waals surface area (Å²) < 4.78 is 0.965. The van der Waals surface area contributed by atoms with Gasteiger partial charge in [-0.05, 0) is 31.5 Å². The Morgan fingerprint density at radius 2 is 2.25 bits per heavy atom. The normalized spacial score (nSPS) is 22.5. The zero-order chi connectivity index (χ0) is 11.7. The van der Waals surface area contributed by atoms with E-state index in [1.54, 1.807) is 6.92 Å². The van der Waals surface area contributed by atoms with E-state index in [0.717, 1.165) is 28.7 Å². The molecule has 1 fully saturated rings. The van der Waals surface area contributed by atoms with E-state index in [-0.39, 0.29) is 6.10 Å². The van der Waals surface area contributed by atoms with Gasteiger partial charge in [0.25, 0.3) is 0 Å². The van der Waals surface area contributed by atoms with Crippen molar-refractivity contribution in [3.8, 4) is 0 Å². The van der Waals surface area contributed by atoms with Crippen molar-refractivity contribution in [3.63, 3.8) is 0 Å². The van der Waals surface area contributed by atoms with Crippen LogP contribution in [0, 0.1) is 0 Å². The van der Waals surface area contributed by atoms with Crippen molar-refractivity contribution in [2.45, 2.75) is 25.6 Å². The minimum atomic E-state index is -0.495. The van der Waals surface area contributed by atoms with Crippen LogP contribution in [0.2, 0.25) is 0 Å². The first-order chi connectivity index (χ1) is 7.58. The van der Waals surface area contributed by atoms with Gasteiger partial charge in [0.2, 0.25) is 0 Å². The second kappa shape index (κ2) is 4.73. The molecule has 0 bridgehead atoms. The van der Waals surface area contributed by atoms with Gasteiger partial charge < -0.3 is 15.1 Å². The SMILES string of the molecule is CC(O)c1cc(Br)ccc1N1CCC(O)C1. The Morgan fingerprint density at radius 1 is 1.50 bits per heavy atom. The van der Waals surface area contributed by atoms with E-state index in [1.165, 1.54) is 0 Å². The fourth-order valence-corrected chi connectivity index (χ4v) is 2.49. The zero-order valence-electron chi connectivity index (χ0n) is 9.23. The van der Waals surface area contributed by atoms with Crippen molar-refractivity contribution in [1.29, 1.82) is 0 Å². The van der Waals surface area contributed by atoms with Gasteiger partial charge in [-0.15, -0.1) is 0 Å². The third-order valence-corrected chi connectivity index (χ3v) is 3.44. The van der Waals surface area contributed by atoms with E-state index >= 15 is 0 Å². The molecule has 2 N–H and O–H groups in total. The molecule has 88 valence electrons. The van der Waals surface area contributed by atoms with Crippen molar-refractivity contribution >= 4 is 21.6 Å². The fourth-order valence-electron chi connectivity index (χ4n) is 2.11. The van der Waals surface area contributed by atoms with Crippen LogP contribution in [-0.4, -0.2) is 29.4 Å². The largest absolute Gasteiger partial charge is 0.391 e. The third kappa shape index (κ3) is 2.39. The number of rotatable bonds is 2. The molecule has 2 unspecified atom stereocenters. The van der Waals surface area contributed by atoms with Gasteiger partial charge >= 0.3 is 0 Å². The molecule has 2 rings (SSSR count). The predicted molar refractivity (Wildman–Crippen MR) is 67.6 cm³/mol. The smallest absolute Gasteiger partial charge is 0.0782 e. The summed E-state index contributed by atoms with van der Waals surface area (Å²) >= 11 is 3.41. The van der Waals surface area contributed by atoms with E-state index in [1.807, 2.05) is 18.2 Å². The van der Waals surface area contributed by atoms with Crippen molar-refractivity contribution in [2.75, 3.05) is 18.0 Å². The molecule has 1 saturated heterocycles. The van der Waals surface area contributed by atoms with Gasteiger partial charge in [0.15, 0.2) is 0 Å². The van der Waals surface area contributed by atoms with E-state index in [4.69, 9.17) is 0 Å². The Kier molecular flexibility index (Phi) is 3.52. The Labute approximate surface area is 104 Å². The number of benzene rings is 1. The van der Waals surface area contributed by atoms with Crippen LogP contribution in [0.15, 0.2) is 22.7 Å². The summed E-state index contributed by atoms with van der Waals surface area (Å²) in [5, 5.41) is 19.3. The van der Waals surface area contributed by atoms with Crippen molar-refractivity contribution in [1.82, 2.24) is 0 Å². The van der Waals surface area contributed by atoms with Crippen molar-refractivity contribution in [3.05, 3.63) is 28.2 Å². The van der Waals surface area contributed by atoms with Crippen LogP contribution < -0.4 is 4.90 Å². The molecule has 4 heteroatoms. The molecule has 0 aromatic heterocycles. The summed E-state index contributed by atoms with van der Waals surface area (Å²) in [5.41, 5.74) is 1.93. The molecule has 0 radical (unpaired) electrons. The first-order valence-corrected chi connectivity index (χ1v) is 6.27. The van der Waals surface area contributed by atoms with E-state index in [0.29, 0.717) is 6.54 Å². The molecule has 0 saturated carbocycles. The lowest BCUT2D eigenvalue weighted by Gasteiger charge is -2.23. The molecule has 2 atom stereocenters. The summed E-state index contributed by atoms with van der Waals surface area (Å²) in [4.78, 5) is 2.12. The van der Waals surface area contributed by atoms with E-state index < -0.39 is 6.10 Å². The molecule has 1 aliphatic heterocycles. The quantitative estimate of drug-likeness (QED) is 0.874. The van der Waals surface area contributed by atoms with Gasteiger partial charge in [-0.3, -0.25) is 0 Å². The highest BCUT2D eigenvalue weighted by Gasteiger charge is 2.23. The molecule has 1 aliphatic rings. The lowest BCUT2D eigenvalue weighted by Crippen LogP contribution is -2.22. The van der Waals surface area contributed by atoms with Gasteiger partial charge in [-0.1, -0.05) is 15.9 Å². The number of anilines is 1. The molecule has 1 aromatic carbocycles. The zero-order valence-corrected chi connectivity index (χ0v) is 10.8. The molecule has 3 nitrogen and oxygen atoms in total. The number of hydrogen-bond donors (Lipinski definition) is 2. The van der Waals surface area contributed by atoms with Crippen LogP contribution in [0.1, 0.15) is 25.0 Å².